The van der Waals surface area contributed by atoms with Gasteiger partial charge in [0.15, 0.2) is 17.2 Å². The van der Waals surface area contributed by atoms with E-state index in [0.717, 1.165) is 5.57 Å². The third-order valence-electron chi connectivity index (χ3n) is 9.73. The molecule has 35 heavy (non-hydrogen) atoms. The van der Waals surface area contributed by atoms with Crippen molar-refractivity contribution in [1.29, 1.82) is 0 Å². The van der Waals surface area contributed by atoms with Gasteiger partial charge in [0.1, 0.15) is 6.26 Å². The highest BCUT2D eigenvalue weighted by Gasteiger charge is 2.76. The molecule has 8 atom stereocenters. The Labute approximate surface area is 214 Å². The van der Waals surface area contributed by atoms with Crippen LogP contribution in [0.4, 0.5) is 0 Å². The molecule has 0 aliphatic heterocycles. The van der Waals surface area contributed by atoms with Crippen LogP contribution in [0.1, 0.15) is 56.8 Å². The minimum absolute atomic E-state index is 0.0706. The van der Waals surface area contributed by atoms with Gasteiger partial charge in [-0.25, -0.2) is 4.79 Å². The second kappa shape index (κ2) is 8.06. The summed E-state index contributed by atoms with van der Waals surface area (Å²) in [6.07, 6.45) is 8.75. The average molecular weight is 521 g/mol. The number of carbonyl (C=O) groups is 3. The van der Waals surface area contributed by atoms with Gasteiger partial charge in [-0.1, -0.05) is 32.4 Å². The fourth-order valence-electron chi connectivity index (χ4n) is 8.08. The van der Waals surface area contributed by atoms with Crippen molar-refractivity contribution in [3.63, 3.8) is 0 Å². The van der Waals surface area contributed by atoms with Crippen LogP contribution in [0.3, 0.4) is 0 Å². The zero-order valence-electron chi connectivity index (χ0n) is 20.1. The fourth-order valence-corrected chi connectivity index (χ4v) is 8.81. The average Bonchev–Trinajstić information content (AvgIpc) is 3.42. The molecule has 1 heterocycles. The molecule has 0 aromatic carbocycles. The number of Topliss-reactive ketones (excluding diaryl/α,β-unsaturated/α-hetero) is 1. The summed E-state index contributed by atoms with van der Waals surface area (Å²) in [6, 6.07) is 1.49. The maximum atomic E-state index is 13.6. The van der Waals surface area contributed by atoms with Gasteiger partial charge in [0.05, 0.1) is 28.7 Å². The number of allylic oxidation sites excluding steroid dienone is 4. The van der Waals surface area contributed by atoms with Gasteiger partial charge < -0.3 is 14.3 Å². The first-order valence-electron chi connectivity index (χ1n) is 12.1. The van der Waals surface area contributed by atoms with E-state index in [1.54, 1.807) is 6.08 Å². The normalized spacial score (nSPS) is 44.2. The van der Waals surface area contributed by atoms with Crippen molar-refractivity contribution in [3.8, 4) is 0 Å². The Morgan fingerprint density at radius 2 is 2.03 bits per heavy atom. The van der Waals surface area contributed by atoms with E-state index in [0.29, 0.717) is 19.3 Å². The molecule has 3 fully saturated rings. The first-order valence-corrected chi connectivity index (χ1v) is 13.0. The molecule has 0 radical (unpaired) electrons. The molecule has 6 nitrogen and oxygen atoms in total. The highest BCUT2D eigenvalue weighted by atomic mass is 35.5. The van der Waals surface area contributed by atoms with E-state index in [2.05, 4.69) is 0 Å². The number of rotatable bonds is 4. The number of halogens is 2. The van der Waals surface area contributed by atoms with E-state index in [4.69, 9.17) is 32.4 Å². The molecule has 0 bridgehead atoms. The number of alkyl halides is 2. The number of ketones is 2. The number of hydrogen-bond donors (Lipinski definition) is 1. The van der Waals surface area contributed by atoms with Gasteiger partial charge in [0.25, 0.3) is 0 Å². The molecule has 3 saturated carbocycles. The molecular formula is C27H30Cl2O6. The summed E-state index contributed by atoms with van der Waals surface area (Å²) in [5.74, 6) is -2.01. The van der Waals surface area contributed by atoms with Crippen LogP contribution in [0.2, 0.25) is 0 Å². The lowest BCUT2D eigenvalue weighted by Crippen LogP contribution is -2.69. The van der Waals surface area contributed by atoms with Gasteiger partial charge in [-0.15, -0.1) is 23.2 Å². The Kier molecular flexibility index (Phi) is 5.71. The molecule has 1 N–H and O–H groups in total. The topological polar surface area (TPSA) is 93.8 Å². The van der Waals surface area contributed by atoms with Gasteiger partial charge in [0, 0.05) is 16.7 Å². The molecule has 188 valence electrons. The van der Waals surface area contributed by atoms with E-state index >= 15 is 0 Å². The quantitative estimate of drug-likeness (QED) is 0.449. The minimum atomic E-state index is -1.51. The molecule has 4 aliphatic rings. The predicted octanol–water partition coefficient (Wildman–Crippen LogP) is 4.87. The molecular weight excluding hydrogens is 491 g/mol. The Morgan fingerprint density at radius 1 is 1.29 bits per heavy atom. The van der Waals surface area contributed by atoms with Crippen LogP contribution in [0, 0.1) is 28.6 Å². The number of fused-ring (bicyclic) bond motifs is 5. The van der Waals surface area contributed by atoms with Gasteiger partial charge in [0.2, 0.25) is 0 Å². The van der Waals surface area contributed by atoms with Gasteiger partial charge >= 0.3 is 5.97 Å². The number of furan rings is 1. The van der Waals surface area contributed by atoms with Gasteiger partial charge in [-0.05, 0) is 55.7 Å². The summed E-state index contributed by atoms with van der Waals surface area (Å²) in [5.41, 5.74) is -1.95. The third-order valence-corrected chi connectivity index (χ3v) is 10.9. The lowest BCUT2D eigenvalue weighted by Gasteiger charge is -2.64. The number of esters is 1. The standard InChI is InChI=1S/C27H30Cl2O6/c1-15-10-20-19-5-4-17-11-18(30)6-8-24(17,2)26(19,29)21(31)12-25(20,3)27(15,22(32)13-28)35-23(33)16-7-9-34-14-16/h6-9,11,14-15,19-21,31H,4-5,10,12-13H2,1-3H3/t15-,19+,20?,21+,24+,25+,26+,27+/m1/s1. The van der Waals surface area contributed by atoms with Crippen LogP contribution in [0.25, 0.3) is 0 Å². The SMILES string of the molecule is C[C@@H]1CC2[C@@H]3CCC4=CC(=O)C=C[C@]4(C)[C@@]3(Cl)[C@@H](O)C[C@]2(C)[C@@]1(OC(=O)c1ccoc1)C(=O)CCl. The predicted molar refractivity (Wildman–Crippen MR) is 130 cm³/mol. The van der Waals surface area contributed by atoms with Crippen LogP contribution >= 0.6 is 23.2 Å². The maximum Gasteiger partial charge on any atom is 0.342 e. The first kappa shape index (κ1) is 24.8. The van der Waals surface area contributed by atoms with E-state index in [1.165, 1.54) is 24.7 Å². The second-order valence-electron chi connectivity index (χ2n) is 11.1. The smallest absolute Gasteiger partial charge is 0.342 e. The van der Waals surface area contributed by atoms with Crippen molar-refractivity contribution in [3.05, 3.63) is 48.0 Å². The highest BCUT2D eigenvalue weighted by Crippen LogP contribution is 2.72. The van der Waals surface area contributed by atoms with Crippen LogP contribution in [-0.4, -0.2) is 45.1 Å². The van der Waals surface area contributed by atoms with Crippen LogP contribution < -0.4 is 0 Å². The number of carbonyl (C=O) groups excluding carboxylic acids is 3. The van der Waals surface area contributed by atoms with E-state index in [-0.39, 0.29) is 47.2 Å². The van der Waals surface area contributed by atoms with Crippen molar-refractivity contribution in [2.24, 2.45) is 28.6 Å². The second-order valence-corrected chi connectivity index (χ2v) is 12.0. The molecule has 4 aliphatic carbocycles. The van der Waals surface area contributed by atoms with Crippen LogP contribution in [0.5, 0.6) is 0 Å². The maximum absolute atomic E-state index is 13.6. The summed E-state index contributed by atoms with van der Waals surface area (Å²) in [7, 11) is 0. The molecule has 5 rings (SSSR count). The molecule has 1 aromatic heterocycles. The lowest BCUT2D eigenvalue weighted by atomic mass is 9.45. The number of ether oxygens (including phenoxy) is 1. The summed E-state index contributed by atoms with van der Waals surface area (Å²) in [6.45, 7) is 5.83. The van der Waals surface area contributed by atoms with Crippen molar-refractivity contribution in [2.45, 2.75) is 63.0 Å². The number of hydrogen-bond acceptors (Lipinski definition) is 6. The van der Waals surface area contributed by atoms with Crippen molar-refractivity contribution < 1.29 is 28.6 Å². The zero-order chi connectivity index (χ0) is 25.4. The Bertz CT molecular complexity index is 1140. The van der Waals surface area contributed by atoms with Crippen LogP contribution in [0.15, 0.2) is 46.8 Å². The molecule has 0 saturated heterocycles. The summed E-state index contributed by atoms with van der Waals surface area (Å²) in [5, 5.41) is 11.8. The lowest BCUT2D eigenvalue weighted by molar-refractivity contribution is -0.176. The Balaban J connectivity index is 1.61. The highest BCUT2D eigenvalue weighted by molar-refractivity contribution is 6.29. The van der Waals surface area contributed by atoms with Crippen molar-refractivity contribution in [1.82, 2.24) is 0 Å². The minimum Gasteiger partial charge on any atom is -0.472 e. The molecule has 0 amide bonds. The van der Waals surface area contributed by atoms with Crippen molar-refractivity contribution >= 4 is 40.7 Å². The van der Waals surface area contributed by atoms with E-state index in [1.807, 2.05) is 26.8 Å². The van der Waals surface area contributed by atoms with Crippen molar-refractivity contribution in [2.75, 3.05) is 5.88 Å². The van der Waals surface area contributed by atoms with Gasteiger partial charge in [-0.2, -0.15) is 0 Å². The Hall–Kier alpha value is -1.89. The molecule has 0 spiro atoms. The van der Waals surface area contributed by atoms with E-state index in [9.17, 15) is 19.5 Å². The Morgan fingerprint density at radius 3 is 2.69 bits per heavy atom. The third kappa shape index (κ3) is 3.02. The molecule has 1 aromatic rings. The number of aliphatic hydroxyl groups excluding tert-OH is 1. The van der Waals surface area contributed by atoms with Gasteiger partial charge in [-0.3, -0.25) is 9.59 Å². The van der Waals surface area contributed by atoms with E-state index < -0.39 is 33.4 Å². The zero-order valence-corrected chi connectivity index (χ0v) is 21.6. The summed E-state index contributed by atoms with van der Waals surface area (Å²) in [4.78, 5) is 37.8. The monoisotopic (exact) mass is 520 g/mol. The molecule has 1 unspecified atom stereocenters. The summed E-state index contributed by atoms with van der Waals surface area (Å²) < 4.78 is 11.2. The number of aliphatic hydroxyl groups is 1. The van der Waals surface area contributed by atoms with Crippen LogP contribution in [-0.2, 0) is 14.3 Å². The largest absolute Gasteiger partial charge is 0.472 e. The fraction of sp³-hybridized carbons (Fsp3) is 0.593. The first-order chi connectivity index (χ1) is 16.5. The molecule has 8 heteroatoms. The summed E-state index contributed by atoms with van der Waals surface area (Å²) >= 11 is 13.6.